The van der Waals surface area contributed by atoms with Crippen LogP contribution in [0.25, 0.3) is 0 Å². The van der Waals surface area contributed by atoms with Gasteiger partial charge in [0.25, 0.3) is 5.91 Å². The van der Waals surface area contributed by atoms with Gasteiger partial charge in [-0.2, -0.15) is 0 Å². The topological polar surface area (TPSA) is 95.9 Å². The van der Waals surface area contributed by atoms with Crippen molar-refractivity contribution >= 4 is 17.6 Å². The Morgan fingerprint density at radius 2 is 1.68 bits per heavy atom. The quantitative estimate of drug-likeness (QED) is 0.718. The molecule has 0 bridgehead atoms. The Morgan fingerprint density at radius 3 is 2.20 bits per heavy atom. The third kappa shape index (κ3) is 5.06. The van der Waals surface area contributed by atoms with Crippen molar-refractivity contribution in [2.75, 3.05) is 18.5 Å². The lowest BCUT2D eigenvalue weighted by Crippen LogP contribution is -2.14. The van der Waals surface area contributed by atoms with Crippen molar-refractivity contribution in [3.05, 3.63) is 58.7 Å². The largest absolute Gasteiger partial charge is 0.481 e. The molecule has 0 fully saturated rings. The maximum Gasteiger partial charge on any atom is 0.341 e. The highest BCUT2D eigenvalue weighted by Crippen LogP contribution is 2.25. The summed E-state index contributed by atoms with van der Waals surface area (Å²) < 4.78 is 5.27. The number of hydrogen-bond acceptors (Lipinski definition) is 4. The molecule has 0 aliphatic carbocycles. The number of aliphatic carboxylic acids is 1. The summed E-state index contributed by atoms with van der Waals surface area (Å²) in [5.41, 5.74) is 3.52. The maximum absolute atomic E-state index is 12.4. The molecule has 2 rings (SSSR count). The van der Waals surface area contributed by atoms with E-state index in [0.29, 0.717) is 34.5 Å². The minimum Gasteiger partial charge on any atom is -0.481 e. The fourth-order valence-electron chi connectivity index (χ4n) is 2.53. The lowest BCUT2D eigenvalue weighted by Gasteiger charge is -2.13. The zero-order valence-corrected chi connectivity index (χ0v) is 14.2. The average molecular weight is 343 g/mol. The van der Waals surface area contributed by atoms with Gasteiger partial charge >= 0.3 is 5.97 Å². The summed E-state index contributed by atoms with van der Waals surface area (Å²) in [7, 11) is 0. The number of rotatable bonds is 7. The van der Waals surface area contributed by atoms with Crippen molar-refractivity contribution in [1.82, 2.24) is 0 Å². The molecule has 1 amide bonds. The summed E-state index contributed by atoms with van der Waals surface area (Å²) in [6.07, 6.45) is 0.574. The van der Waals surface area contributed by atoms with Crippen molar-refractivity contribution in [2.24, 2.45) is 0 Å². The Morgan fingerprint density at radius 1 is 1.08 bits per heavy atom. The minimum atomic E-state index is -1.05. The number of aliphatic hydroxyl groups is 1. The highest BCUT2D eigenvalue weighted by Gasteiger charge is 2.13. The van der Waals surface area contributed by atoms with E-state index in [9.17, 15) is 9.59 Å². The summed E-state index contributed by atoms with van der Waals surface area (Å²) in [5, 5.41) is 20.4. The van der Waals surface area contributed by atoms with Gasteiger partial charge in [0.15, 0.2) is 6.61 Å². The van der Waals surface area contributed by atoms with Crippen molar-refractivity contribution in [2.45, 2.75) is 20.3 Å². The number of benzene rings is 2. The second-order valence-corrected chi connectivity index (χ2v) is 5.75. The molecule has 0 heterocycles. The third-order valence-corrected chi connectivity index (χ3v) is 3.67. The van der Waals surface area contributed by atoms with E-state index in [0.717, 1.165) is 5.56 Å². The number of aryl methyl sites for hydroxylation is 2. The first-order valence-electron chi connectivity index (χ1n) is 7.87. The Hall–Kier alpha value is -2.86. The molecule has 132 valence electrons. The van der Waals surface area contributed by atoms with E-state index in [-0.39, 0.29) is 12.5 Å². The van der Waals surface area contributed by atoms with Gasteiger partial charge in [0, 0.05) is 17.9 Å². The van der Waals surface area contributed by atoms with E-state index in [4.69, 9.17) is 14.9 Å². The van der Waals surface area contributed by atoms with Gasteiger partial charge in [-0.15, -0.1) is 0 Å². The molecule has 0 aliphatic heterocycles. The van der Waals surface area contributed by atoms with E-state index >= 15 is 0 Å². The number of ether oxygens (including phenoxy) is 1. The molecule has 0 atom stereocenters. The van der Waals surface area contributed by atoms with Crippen LogP contribution in [-0.4, -0.2) is 35.3 Å². The van der Waals surface area contributed by atoms with Gasteiger partial charge in [0.05, 0.1) is 0 Å². The van der Waals surface area contributed by atoms with Crippen LogP contribution in [0, 0.1) is 13.8 Å². The molecule has 0 saturated heterocycles. The molecular weight excluding hydrogens is 322 g/mol. The van der Waals surface area contributed by atoms with Crippen LogP contribution in [0.5, 0.6) is 5.75 Å². The maximum atomic E-state index is 12.4. The van der Waals surface area contributed by atoms with Crippen molar-refractivity contribution in [3.63, 3.8) is 0 Å². The van der Waals surface area contributed by atoms with Crippen LogP contribution in [0.1, 0.15) is 27.0 Å². The Bertz CT molecular complexity index is 745. The molecule has 6 heteroatoms. The van der Waals surface area contributed by atoms with Gasteiger partial charge in [0.1, 0.15) is 5.75 Å². The summed E-state index contributed by atoms with van der Waals surface area (Å²) in [6, 6.07) is 10.6. The van der Waals surface area contributed by atoms with Crippen LogP contribution in [0.2, 0.25) is 0 Å². The lowest BCUT2D eigenvalue weighted by molar-refractivity contribution is -0.139. The number of hydrogen-bond donors (Lipinski definition) is 3. The normalized spacial score (nSPS) is 10.4. The minimum absolute atomic E-state index is 0.0839. The van der Waals surface area contributed by atoms with Gasteiger partial charge in [-0.1, -0.05) is 12.1 Å². The van der Waals surface area contributed by atoms with Crippen LogP contribution in [0.3, 0.4) is 0 Å². The molecule has 0 saturated carbocycles. The number of anilines is 1. The zero-order valence-electron chi connectivity index (χ0n) is 14.2. The second-order valence-electron chi connectivity index (χ2n) is 5.75. The van der Waals surface area contributed by atoms with Crippen LogP contribution in [-0.2, 0) is 11.2 Å². The monoisotopic (exact) mass is 343 g/mol. The van der Waals surface area contributed by atoms with Crippen LogP contribution < -0.4 is 10.1 Å². The fourth-order valence-corrected chi connectivity index (χ4v) is 2.53. The average Bonchev–Trinajstić information content (AvgIpc) is 2.55. The number of nitrogens with one attached hydrogen (secondary N) is 1. The van der Waals surface area contributed by atoms with E-state index in [1.54, 1.807) is 38.1 Å². The smallest absolute Gasteiger partial charge is 0.341 e. The molecule has 0 radical (unpaired) electrons. The standard InChI is InChI=1S/C19H21NO5/c1-12-9-15(10-13(2)18(12)25-11-17(22)23)19(24)20-16-5-3-14(4-6-16)7-8-21/h3-6,9-10,21H,7-8,11H2,1-2H3,(H,20,24)(H,22,23). The van der Waals surface area contributed by atoms with E-state index in [1.165, 1.54) is 0 Å². The SMILES string of the molecule is Cc1cc(C(=O)Nc2ccc(CCO)cc2)cc(C)c1OCC(=O)O. The number of carboxylic acid groups (broad SMARTS) is 1. The Kier molecular flexibility index (Phi) is 6.14. The summed E-state index contributed by atoms with van der Waals surface area (Å²) in [5.74, 6) is -0.830. The van der Waals surface area contributed by atoms with Gasteiger partial charge < -0.3 is 20.3 Å². The van der Waals surface area contributed by atoms with Crippen molar-refractivity contribution in [1.29, 1.82) is 0 Å². The predicted molar refractivity (Wildman–Crippen MR) is 94.2 cm³/mol. The summed E-state index contributed by atoms with van der Waals surface area (Å²) in [4.78, 5) is 23.1. The highest BCUT2D eigenvalue weighted by molar-refractivity contribution is 6.04. The van der Waals surface area contributed by atoms with E-state index in [2.05, 4.69) is 5.32 Å². The molecule has 0 aliphatic rings. The predicted octanol–water partition coefficient (Wildman–Crippen LogP) is 2.55. The van der Waals surface area contributed by atoms with Crippen molar-refractivity contribution in [3.8, 4) is 5.75 Å². The molecule has 0 spiro atoms. The highest BCUT2D eigenvalue weighted by atomic mass is 16.5. The molecule has 0 aromatic heterocycles. The Balaban J connectivity index is 2.12. The lowest BCUT2D eigenvalue weighted by atomic mass is 10.0. The second kappa shape index (κ2) is 8.30. The molecule has 0 unspecified atom stereocenters. The molecule has 2 aromatic rings. The van der Waals surface area contributed by atoms with Gasteiger partial charge in [-0.3, -0.25) is 4.79 Å². The van der Waals surface area contributed by atoms with Crippen LogP contribution in [0.15, 0.2) is 36.4 Å². The van der Waals surface area contributed by atoms with Gasteiger partial charge in [0.2, 0.25) is 0 Å². The third-order valence-electron chi connectivity index (χ3n) is 3.67. The Labute approximate surface area is 146 Å². The molecule has 6 nitrogen and oxygen atoms in total. The van der Waals surface area contributed by atoms with Gasteiger partial charge in [-0.05, 0) is 61.2 Å². The van der Waals surface area contributed by atoms with E-state index < -0.39 is 12.6 Å². The number of carboxylic acids is 1. The molecule has 2 aromatic carbocycles. The van der Waals surface area contributed by atoms with Crippen LogP contribution >= 0.6 is 0 Å². The number of amides is 1. The zero-order chi connectivity index (χ0) is 18.4. The first-order chi connectivity index (χ1) is 11.9. The first-order valence-corrected chi connectivity index (χ1v) is 7.87. The van der Waals surface area contributed by atoms with Crippen LogP contribution in [0.4, 0.5) is 5.69 Å². The number of carbonyl (C=O) groups is 2. The van der Waals surface area contributed by atoms with Gasteiger partial charge in [-0.25, -0.2) is 4.79 Å². The summed E-state index contributed by atoms with van der Waals surface area (Å²) in [6.45, 7) is 3.20. The fraction of sp³-hybridized carbons (Fsp3) is 0.263. The molecule has 25 heavy (non-hydrogen) atoms. The van der Waals surface area contributed by atoms with E-state index in [1.807, 2.05) is 12.1 Å². The number of aliphatic hydroxyl groups excluding tert-OH is 1. The molecule has 3 N–H and O–H groups in total. The number of carbonyl (C=O) groups excluding carboxylic acids is 1. The van der Waals surface area contributed by atoms with Crippen molar-refractivity contribution < 1.29 is 24.5 Å². The molecular formula is C19H21NO5. The summed E-state index contributed by atoms with van der Waals surface area (Å²) >= 11 is 0. The first kappa shape index (κ1) is 18.5.